The van der Waals surface area contributed by atoms with Crippen molar-refractivity contribution in [2.24, 2.45) is 0 Å². The molecule has 1 aromatic carbocycles. The van der Waals surface area contributed by atoms with Gasteiger partial charge in [0.2, 0.25) is 5.91 Å². The average Bonchev–Trinajstić information content (AvgIpc) is 3.58. The molecule has 2 aliphatic rings. The molecular weight excluding hydrogens is 478 g/mol. The molecule has 5 rings (SSSR count). The lowest BCUT2D eigenvalue weighted by Crippen LogP contribution is -2.33. The van der Waals surface area contributed by atoms with Gasteiger partial charge in [0.05, 0.1) is 17.8 Å². The normalized spacial score (nSPS) is 19.9. The van der Waals surface area contributed by atoms with Crippen LogP contribution in [0.25, 0.3) is 0 Å². The van der Waals surface area contributed by atoms with Gasteiger partial charge in [-0.15, -0.1) is 0 Å². The number of carbonyl (C=O) groups excluding carboxylic acids is 1. The number of pyridine rings is 1. The van der Waals surface area contributed by atoms with Crippen molar-refractivity contribution in [3.05, 3.63) is 82.4 Å². The lowest BCUT2D eigenvalue weighted by Gasteiger charge is -2.28. The van der Waals surface area contributed by atoms with Crippen LogP contribution in [0.4, 0.5) is 5.69 Å². The van der Waals surface area contributed by atoms with Gasteiger partial charge < -0.3 is 20.1 Å². The minimum absolute atomic E-state index is 0.00651. The SMILES string of the molecule is Cc1ccc(C)c(NC(=O)CCN2C(=S)N[C@H](c3ccccn3)[C@H]2c2cc(C)n(C3CCCC3)c2C)c1. The second-order valence-corrected chi connectivity index (χ2v) is 11.0. The van der Waals surface area contributed by atoms with E-state index >= 15 is 0 Å². The predicted molar refractivity (Wildman–Crippen MR) is 153 cm³/mol. The fourth-order valence-corrected chi connectivity index (χ4v) is 6.45. The van der Waals surface area contributed by atoms with E-state index in [-0.39, 0.29) is 18.0 Å². The van der Waals surface area contributed by atoms with Crippen LogP contribution < -0.4 is 10.6 Å². The molecule has 2 atom stereocenters. The third-order valence-electron chi connectivity index (χ3n) is 7.98. The fraction of sp³-hybridized carbons (Fsp3) is 0.433. The Bertz CT molecular complexity index is 1290. The van der Waals surface area contributed by atoms with E-state index in [9.17, 15) is 4.79 Å². The quantitative estimate of drug-likeness (QED) is 0.365. The van der Waals surface area contributed by atoms with Crippen molar-refractivity contribution in [2.45, 2.75) is 77.9 Å². The molecule has 3 heterocycles. The first-order valence-electron chi connectivity index (χ1n) is 13.4. The molecule has 1 aliphatic carbocycles. The minimum atomic E-state index is -0.0756. The predicted octanol–water partition coefficient (Wildman–Crippen LogP) is 6.23. The summed E-state index contributed by atoms with van der Waals surface area (Å²) >= 11 is 5.85. The first-order chi connectivity index (χ1) is 17.8. The number of nitrogens with one attached hydrogen (secondary N) is 2. The molecule has 3 aromatic rings. The van der Waals surface area contributed by atoms with Crippen LogP contribution in [0.15, 0.2) is 48.7 Å². The Labute approximate surface area is 225 Å². The number of hydrogen-bond acceptors (Lipinski definition) is 3. The van der Waals surface area contributed by atoms with Gasteiger partial charge in [-0.05, 0) is 93.7 Å². The summed E-state index contributed by atoms with van der Waals surface area (Å²) in [5.74, 6) is -0.00651. The number of amides is 1. The zero-order chi connectivity index (χ0) is 26.1. The zero-order valence-electron chi connectivity index (χ0n) is 22.3. The summed E-state index contributed by atoms with van der Waals surface area (Å²) in [6.45, 7) is 9.04. The summed E-state index contributed by atoms with van der Waals surface area (Å²) in [6.07, 6.45) is 7.25. The Morgan fingerprint density at radius 3 is 2.62 bits per heavy atom. The lowest BCUT2D eigenvalue weighted by atomic mass is 9.96. The van der Waals surface area contributed by atoms with Crippen LogP contribution in [0.2, 0.25) is 0 Å². The van der Waals surface area contributed by atoms with Gasteiger partial charge in [-0.2, -0.15) is 0 Å². The van der Waals surface area contributed by atoms with Crippen molar-refractivity contribution in [1.82, 2.24) is 19.8 Å². The number of hydrogen-bond donors (Lipinski definition) is 2. The van der Waals surface area contributed by atoms with E-state index in [1.807, 2.05) is 44.3 Å². The van der Waals surface area contributed by atoms with E-state index in [1.165, 1.54) is 42.6 Å². The lowest BCUT2D eigenvalue weighted by molar-refractivity contribution is -0.116. The molecule has 37 heavy (non-hydrogen) atoms. The Hall–Kier alpha value is -3.19. The van der Waals surface area contributed by atoms with E-state index in [1.54, 1.807) is 0 Å². The molecule has 1 saturated heterocycles. The van der Waals surface area contributed by atoms with Crippen LogP contribution in [0.3, 0.4) is 0 Å². The van der Waals surface area contributed by atoms with Crippen molar-refractivity contribution in [3.8, 4) is 0 Å². The molecule has 0 radical (unpaired) electrons. The number of nitrogens with zero attached hydrogens (tertiary/aromatic N) is 3. The highest BCUT2D eigenvalue weighted by molar-refractivity contribution is 7.80. The maximum atomic E-state index is 13.0. The third-order valence-corrected chi connectivity index (χ3v) is 8.33. The Balaban J connectivity index is 1.43. The number of carbonyl (C=O) groups is 1. The average molecular weight is 516 g/mol. The Morgan fingerprint density at radius 2 is 1.89 bits per heavy atom. The molecule has 2 fully saturated rings. The monoisotopic (exact) mass is 515 g/mol. The van der Waals surface area contributed by atoms with E-state index in [2.05, 4.69) is 57.1 Å². The largest absolute Gasteiger partial charge is 0.352 e. The topological polar surface area (TPSA) is 62.2 Å². The maximum Gasteiger partial charge on any atom is 0.226 e. The summed E-state index contributed by atoms with van der Waals surface area (Å²) in [5, 5.41) is 7.31. The van der Waals surface area contributed by atoms with Crippen molar-refractivity contribution < 1.29 is 4.79 Å². The minimum Gasteiger partial charge on any atom is -0.352 e. The van der Waals surface area contributed by atoms with Gasteiger partial charge in [0, 0.05) is 42.3 Å². The van der Waals surface area contributed by atoms with E-state index in [0.29, 0.717) is 24.1 Å². The Kier molecular flexibility index (Phi) is 7.33. The van der Waals surface area contributed by atoms with Crippen LogP contribution >= 0.6 is 12.2 Å². The summed E-state index contributed by atoms with van der Waals surface area (Å²) in [5.41, 5.74) is 7.88. The highest BCUT2D eigenvalue weighted by Crippen LogP contribution is 2.43. The van der Waals surface area contributed by atoms with Crippen LogP contribution in [0, 0.1) is 27.7 Å². The summed E-state index contributed by atoms with van der Waals surface area (Å²) < 4.78 is 2.53. The van der Waals surface area contributed by atoms with E-state index in [0.717, 1.165) is 22.5 Å². The van der Waals surface area contributed by atoms with Gasteiger partial charge in [0.15, 0.2) is 5.11 Å². The highest BCUT2D eigenvalue weighted by Gasteiger charge is 2.41. The number of aromatic nitrogens is 2. The number of anilines is 1. The molecule has 6 nitrogen and oxygen atoms in total. The van der Waals surface area contributed by atoms with Crippen LogP contribution in [0.1, 0.15) is 84.0 Å². The van der Waals surface area contributed by atoms with Crippen molar-refractivity contribution >= 4 is 28.9 Å². The maximum absolute atomic E-state index is 13.0. The smallest absolute Gasteiger partial charge is 0.226 e. The van der Waals surface area contributed by atoms with Gasteiger partial charge in [-0.3, -0.25) is 9.78 Å². The third kappa shape index (κ3) is 5.14. The summed E-state index contributed by atoms with van der Waals surface area (Å²) in [7, 11) is 0. The number of benzene rings is 1. The fourth-order valence-electron chi connectivity index (χ4n) is 6.12. The molecule has 2 aromatic heterocycles. The molecule has 2 N–H and O–H groups in total. The van der Waals surface area contributed by atoms with Gasteiger partial charge >= 0.3 is 0 Å². The van der Waals surface area contributed by atoms with E-state index < -0.39 is 0 Å². The summed E-state index contributed by atoms with van der Waals surface area (Å²) in [6, 6.07) is 14.9. The molecule has 0 spiro atoms. The van der Waals surface area contributed by atoms with Gasteiger partial charge in [-0.25, -0.2) is 0 Å². The van der Waals surface area contributed by atoms with Gasteiger partial charge in [0.1, 0.15) is 0 Å². The first kappa shape index (κ1) is 25.5. The van der Waals surface area contributed by atoms with E-state index in [4.69, 9.17) is 12.2 Å². The molecule has 1 aliphatic heterocycles. The molecule has 1 amide bonds. The van der Waals surface area contributed by atoms with Crippen molar-refractivity contribution in [1.29, 1.82) is 0 Å². The first-order valence-corrected chi connectivity index (χ1v) is 13.8. The second kappa shape index (κ2) is 10.7. The summed E-state index contributed by atoms with van der Waals surface area (Å²) in [4.78, 5) is 19.9. The molecule has 7 heteroatoms. The molecule has 0 bridgehead atoms. The van der Waals surface area contributed by atoms with Gasteiger partial charge in [0.25, 0.3) is 0 Å². The molecule has 0 unspecified atom stereocenters. The van der Waals surface area contributed by atoms with Crippen LogP contribution in [0.5, 0.6) is 0 Å². The number of rotatable bonds is 7. The molecule has 1 saturated carbocycles. The molecular formula is C30H37N5OS. The number of thiocarbonyl (C=S) groups is 1. The zero-order valence-corrected chi connectivity index (χ0v) is 23.1. The Morgan fingerprint density at radius 1 is 1.11 bits per heavy atom. The second-order valence-electron chi connectivity index (χ2n) is 10.6. The van der Waals surface area contributed by atoms with Crippen molar-refractivity contribution in [2.75, 3.05) is 11.9 Å². The molecule has 194 valence electrons. The van der Waals surface area contributed by atoms with Crippen LogP contribution in [-0.4, -0.2) is 32.0 Å². The standard InChI is InChI=1S/C30H37N5OS/c1-19-12-13-20(2)26(17-19)32-27(36)14-16-34-29(28(33-30(34)37)25-11-7-8-15-31-25)24-18-21(3)35(22(24)4)23-9-5-6-10-23/h7-8,11-13,15,17-18,23,28-29H,5-6,9-10,14,16H2,1-4H3,(H,32,36)(H,33,37)/t28-,29-/m1/s1. The van der Waals surface area contributed by atoms with Gasteiger partial charge in [-0.1, -0.05) is 31.0 Å². The van der Waals surface area contributed by atoms with Crippen molar-refractivity contribution in [3.63, 3.8) is 0 Å². The number of aryl methyl sites for hydroxylation is 3. The highest BCUT2D eigenvalue weighted by atomic mass is 32.1. The van der Waals surface area contributed by atoms with Crippen LogP contribution in [-0.2, 0) is 4.79 Å².